The van der Waals surface area contributed by atoms with Crippen molar-refractivity contribution in [2.24, 2.45) is 0 Å². The fourth-order valence-electron chi connectivity index (χ4n) is 2.79. The van der Waals surface area contributed by atoms with Crippen LogP contribution in [0.1, 0.15) is 49.5 Å². The molecular formula is C16H20N4. The molecule has 20 heavy (non-hydrogen) atoms. The van der Waals surface area contributed by atoms with Crippen LogP contribution in [0.25, 0.3) is 12.2 Å². The van der Waals surface area contributed by atoms with Crippen LogP contribution in [0.4, 0.5) is 5.69 Å². The minimum absolute atomic E-state index is 0.560. The Morgan fingerprint density at radius 2 is 1.80 bits per heavy atom. The third-order valence-electron chi connectivity index (χ3n) is 3.93. The molecule has 0 aliphatic heterocycles. The summed E-state index contributed by atoms with van der Waals surface area (Å²) in [5.74, 6) is 0.939. The normalized spacial score (nSPS) is 16.8. The Bertz CT molecular complexity index is 577. The van der Waals surface area contributed by atoms with Gasteiger partial charge < -0.3 is 10.3 Å². The van der Waals surface area contributed by atoms with Crippen LogP contribution in [-0.2, 0) is 0 Å². The Labute approximate surface area is 119 Å². The van der Waals surface area contributed by atoms with E-state index in [0.717, 1.165) is 17.1 Å². The maximum Gasteiger partial charge on any atom is 0.156 e. The maximum absolute atomic E-state index is 5.69. The number of nitrogens with two attached hydrogens (primary N) is 1. The SMILES string of the molecule is Nc1ccc(/C=C/c2nncn2C2CCCCC2)cc1. The molecule has 0 bridgehead atoms. The molecule has 1 aliphatic rings. The van der Waals surface area contributed by atoms with Gasteiger partial charge in [-0.05, 0) is 36.6 Å². The summed E-state index contributed by atoms with van der Waals surface area (Å²) in [6.45, 7) is 0. The molecule has 0 unspecified atom stereocenters. The molecule has 3 rings (SSSR count). The summed E-state index contributed by atoms with van der Waals surface area (Å²) < 4.78 is 2.22. The molecule has 1 aromatic heterocycles. The molecule has 104 valence electrons. The third kappa shape index (κ3) is 2.90. The summed E-state index contributed by atoms with van der Waals surface area (Å²) in [4.78, 5) is 0. The van der Waals surface area contributed by atoms with Gasteiger partial charge in [0.1, 0.15) is 6.33 Å². The molecule has 0 saturated heterocycles. The zero-order chi connectivity index (χ0) is 13.8. The lowest BCUT2D eigenvalue weighted by molar-refractivity contribution is 0.351. The summed E-state index contributed by atoms with van der Waals surface area (Å²) in [5, 5.41) is 8.29. The topological polar surface area (TPSA) is 56.7 Å². The number of rotatable bonds is 3. The molecule has 0 atom stereocenters. The minimum Gasteiger partial charge on any atom is -0.399 e. The van der Waals surface area contributed by atoms with Crippen molar-refractivity contribution in [3.05, 3.63) is 42.0 Å². The Balaban J connectivity index is 1.77. The van der Waals surface area contributed by atoms with Gasteiger partial charge in [-0.25, -0.2) is 0 Å². The van der Waals surface area contributed by atoms with Crippen LogP contribution in [0.3, 0.4) is 0 Å². The molecule has 1 aliphatic carbocycles. The summed E-state index contributed by atoms with van der Waals surface area (Å²) in [7, 11) is 0. The Kier molecular flexibility index (Phi) is 3.81. The molecule has 4 nitrogen and oxygen atoms in total. The highest BCUT2D eigenvalue weighted by molar-refractivity contribution is 5.67. The largest absolute Gasteiger partial charge is 0.399 e. The lowest BCUT2D eigenvalue weighted by Crippen LogP contribution is -2.13. The molecule has 4 heteroatoms. The van der Waals surface area contributed by atoms with Gasteiger partial charge in [0, 0.05) is 11.7 Å². The second-order valence-corrected chi connectivity index (χ2v) is 5.39. The fourth-order valence-corrected chi connectivity index (χ4v) is 2.79. The van der Waals surface area contributed by atoms with E-state index in [4.69, 9.17) is 5.73 Å². The monoisotopic (exact) mass is 268 g/mol. The number of nitrogen functional groups attached to an aromatic ring is 1. The second kappa shape index (κ2) is 5.90. The number of nitrogens with zero attached hydrogens (tertiary/aromatic N) is 3. The van der Waals surface area contributed by atoms with E-state index in [0.29, 0.717) is 6.04 Å². The van der Waals surface area contributed by atoms with Crippen LogP contribution >= 0.6 is 0 Å². The van der Waals surface area contributed by atoms with Gasteiger partial charge in [0.05, 0.1) is 0 Å². The molecule has 2 aromatic rings. The van der Waals surface area contributed by atoms with Crippen LogP contribution < -0.4 is 5.73 Å². The summed E-state index contributed by atoms with van der Waals surface area (Å²) in [6.07, 6.45) is 12.4. The van der Waals surface area contributed by atoms with Crippen LogP contribution in [-0.4, -0.2) is 14.8 Å². The molecule has 2 N–H and O–H groups in total. The smallest absolute Gasteiger partial charge is 0.156 e. The van der Waals surface area contributed by atoms with Crippen molar-refractivity contribution in [1.29, 1.82) is 0 Å². The first-order valence-electron chi connectivity index (χ1n) is 7.26. The summed E-state index contributed by atoms with van der Waals surface area (Å²) >= 11 is 0. The third-order valence-corrected chi connectivity index (χ3v) is 3.93. The molecule has 1 aromatic carbocycles. The van der Waals surface area contributed by atoms with Crippen molar-refractivity contribution < 1.29 is 0 Å². The van der Waals surface area contributed by atoms with E-state index in [1.165, 1.54) is 32.1 Å². The van der Waals surface area contributed by atoms with E-state index >= 15 is 0 Å². The van der Waals surface area contributed by atoms with Crippen molar-refractivity contribution in [2.75, 3.05) is 5.73 Å². The van der Waals surface area contributed by atoms with E-state index < -0.39 is 0 Å². The van der Waals surface area contributed by atoms with Crippen LogP contribution in [0.5, 0.6) is 0 Å². The van der Waals surface area contributed by atoms with Crippen LogP contribution in [0.2, 0.25) is 0 Å². The first-order valence-corrected chi connectivity index (χ1v) is 7.26. The quantitative estimate of drug-likeness (QED) is 0.866. The number of anilines is 1. The maximum atomic E-state index is 5.69. The van der Waals surface area contributed by atoms with Crippen LogP contribution in [0, 0.1) is 0 Å². The van der Waals surface area contributed by atoms with Gasteiger partial charge in [-0.15, -0.1) is 10.2 Å². The molecule has 0 amide bonds. The van der Waals surface area contributed by atoms with Gasteiger partial charge in [-0.2, -0.15) is 0 Å². The molecule has 1 heterocycles. The van der Waals surface area contributed by atoms with Gasteiger partial charge in [0.25, 0.3) is 0 Å². The van der Waals surface area contributed by atoms with E-state index in [-0.39, 0.29) is 0 Å². The fraction of sp³-hybridized carbons (Fsp3) is 0.375. The Morgan fingerprint density at radius 3 is 2.55 bits per heavy atom. The molecule has 1 saturated carbocycles. The lowest BCUT2D eigenvalue weighted by atomic mass is 9.95. The van der Waals surface area contributed by atoms with Crippen molar-refractivity contribution in [3.63, 3.8) is 0 Å². The van der Waals surface area contributed by atoms with Gasteiger partial charge in [-0.3, -0.25) is 0 Å². The predicted octanol–water partition coefficient (Wildman–Crippen LogP) is 3.54. The number of aromatic nitrogens is 3. The highest BCUT2D eigenvalue weighted by atomic mass is 15.3. The van der Waals surface area contributed by atoms with Crippen molar-refractivity contribution in [3.8, 4) is 0 Å². The summed E-state index contributed by atoms with van der Waals surface area (Å²) in [5.41, 5.74) is 7.60. The Morgan fingerprint density at radius 1 is 1.05 bits per heavy atom. The van der Waals surface area contributed by atoms with Crippen molar-refractivity contribution in [2.45, 2.75) is 38.1 Å². The lowest BCUT2D eigenvalue weighted by Gasteiger charge is -2.23. The summed E-state index contributed by atoms with van der Waals surface area (Å²) in [6, 6.07) is 8.39. The van der Waals surface area contributed by atoms with Crippen molar-refractivity contribution in [1.82, 2.24) is 14.8 Å². The first kappa shape index (κ1) is 12.9. The number of benzene rings is 1. The van der Waals surface area contributed by atoms with E-state index in [1.807, 2.05) is 36.7 Å². The zero-order valence-corrected chi connectivity index (χ0v) is 11.6. The highest BCUT2D eigenvalue weighted by Crippen LogP contribution is 2.28. The standard InChI is InChI=1S/C16H20N4/c17-14-9-6-13(7-10-14)8-11-16-19-18-12-20(16)15-4-2-1-3-5-15/h6-12,15H,1-5,17H2/b11-8+. The predicted molar refractivity (Wildman–Crippen MR) is 81.9 cm³/mol. The molecule has 1 fully saturated rings. The van der Waals surface area contributed by atoms with Gasteiger partial charge in [0.2, 0.25) is 0 Å². The number of hydrogen-bond acceptors (Lipinski definition) is 3. The van der Waals surface area contributed by atoms with E-state index in [9.17, 15) is 0 Å². The first-order chi connectivity index (χ1) is 9.83. The zero-order valence-electron chi connectivity index (χ0n) is 11.6. The highest BCUT2D eigenvalue weighted by Gasteiger charge is 2.17. The Hall–Kier alpha value is -2.10. The molecule has 0 radical (unpaired) electrons. The minimum atomic E-state index is 0.560. The number of hydrogen-bond donors (Lipinski definition) is 1. The van der Waals surface area contributed by atoms with Gasteiger partial charge in [0.15, 0.2) is 5.82 Å². The average molecular weight is 268 g/mol. The van der Waals surface area contributed by atoms with E-state index in [1.54, 1.807) is 0 Å². The molecule has 0 spiro atoms. The van der Waals surface area contributed by atoms with Gasteiger partial charge in [-0.1, -0.05) is 37.5 Å². The van der Waals surface area contributed by atoms with E-state index in [2.05, 4.69) is 20.8 Å². The average Bonchev–Trinajstić information content (AvgIpc) is 2.96. The van der Waals surface area contributed by atoms with Crippen LogP contribution in [0.15, 0.2) is 30.6 Å². The van der Waals surface area contributed by atoms with Crippen molar-refractivity contribution >= 4 is 17.8 Å². The second-order valence-electron chi connectivity index (χ2n) is 5.39. The molecular weight excluding hydrogens is 248 g/mol. The van der Waals surface area contributed by atoms with Gasteiger partial charge >= 0.3 is 0 Å².